The van der Waals surface area contributed by atoms with Crippen LogP contribution in [0.1, 0.15) is 26.3 Å². The molecule has 0 spiro atoms. The average molecular weight is 231 g/mol. The fourth-order valence-corrected chi connectivity index (χ4v) is 1.29. The lowest BCUT2D eigenvalue weighted by Gasteiger charge is -2.17. The van der Waals surface area contributed by atoms with Crippen molar-refractivity contribution in [3.05, 3.63) is 28.8 Å². The van der Waals surface area contributed by atoms with Crippen molar-refractivity contribution >= 4 is 24.7 Å². The van der Waals surface area contributed by atoms with E-state index in [0.29, 0.717) is 12.1 Å². The molecule has 0 radical (unpaired) electrons. The summed E-state index contributed by atoms with van der Waals surface area (Å²) in [6.07, 6.45) is 0.215. The number of aromatic carboxylic acids is 1. The average Bonchev–Trinajstić information content (AvgIpc) is 2.15. The summed E-state index contributed by atoms with van der Waals surface area (Å²) in [5.74, 6) is -1.48. The van der Waals surface area contributed by atoms with Crippen LogP contribution < -0.4 is 5.46 Å². The Morgan fingerprint density at radius 2 is 1.94 bits per heavy atom. The number of halogens is 3. The van der Waals surface area contributed by atoms with Crippen molar-refractivity contribution in [3.63, 3.8) is 0 Å². The molecule has 16 heavy (non-hydrogen) atoms. The van der Waals surface area contributed by atoms with Gasteiger partial charge in [-0.15, -0.1) is 5.46 Å². The van der Waals surface area contributed by atoms with Gasteiger partial charge in [-0.25, -0.2) is 4.79 Å². The number of aldehydes is 1. The molecule has 1 N–H and O–H groups in total. The second-order valence-electron chi connectivity index (χ2n) is 3.28. The molecule has 86 valence electrons. The molecule has 3 nitrogen and oxygen atoms in total. The molecule has 1 rings (SSSR count). The Kier molecular flexibility index (Phi) is 3.07. The van der Waals surface area contributed by atoms with E-state index in [1.165, 1.54) is 6.92 Å². The van der Waals surface area contributed by atoms with Crippen LogP contribution in [0.5, 0.6) is 0 Å². The zero-order valence-electron chi connectivity index (χ0n) is 8.21. The van der Waals surface area contributed by atoms with E-state index in [2.05, 4.69) is 0 Å². The lowest BCUT2D eigenvalue weighted by Crippen LogP contribution is -2.35. The van der Waals surface area contributed by atoms with Gasteiger partial charge in [-0.1, -0.05) is 12.1 Å². The first-order valence-corrected chi connectivity index (χ1v) is 4.30. The summed E-state index contributed by atoms with van der Waals surface area (Å²) in [5.41, 5.74) is -1.80. The smallest absolute Gasteiger partial charge is 0.478 e. The van der Waals surface area contributed by atoms with Crippen LogP contribution in [0.2, 0.25) is 0 Å². The molecule has 0 heterocycles. The summed E-state index contributed by atoms with van der Waals surface area (Å²) in [4.78, 5) is 21.2. The van der Waals surface area contributed by atoms with E-state index in [-0.39, 0.29) is 17.4 Å². The van der Waals surface area contributed by atoms with Crippen molar-refractivity contribution in [1.29, 1.82) is 0 Å². The van der Waals surface area contributed by atoms with Crippen molar-refractivity contribution in [1.82, 2.24) is 0 Å². The van der Waals surface area contributed by atoms with Crippen LogP contribution in [0, 0.1) is 6.92 Å². The van der Waals surface area contributed by atoms with Gasteiger partial charge in [0.15, 0.2) is 0 Å². The van der Waals surface area contributed by atoms with E-state index in [0.717, 1.165) is 0 Å². The molecular formula is C9H7BF3O3-. The lowest BCUT2D eigenvalue weighted by molar-refractivity contribution is 0.0696. The van der Waals surface area contributed by atoms with Crippen molar-refractivity contribution in [2.45, 2.75) is 6.92 Å². The van der Waals surface area contributed by atoms with Gasteiger partial charge < -0.3 is 18.1 Å². The maximum absolute atomic E-state index is 12.4. The number of carboxylic acids is 1. The molecule has 0 aliphatic rings. The Bertz CT molecular complexity index is 454. The molecule has 0 amide bonds. The van der Waals surface area contributed by atoms with E-state index >= 15 is 0 Å². The molecule has 0 saturated carbocycles. The largest absolute Gasteiger partial charge is 0.509 e. The molecule has 0 atom stereocenters. The normalized spacial score (nSPS) is 11.2. The highest BCUT2D eigenvalue weighted by Gasteiger charge is 2.28. The first-order chi connectivity index (χ1) is 7.27. The molecule has 0 aromatic heterocycles. The van der Waals surface area contributed by atoms with Gasteiger partial charge in [-0.3, -0.25) is 4.79 Å². The van der Waals surface area contributed by atoms with Crippen molar-refractivity contribution in [3.8, 4) is 0 Å². The highest BCUT2D eigenvalue weighted by Crippen LogP contribution is 2.16. The molecule has 0 aliphatic carbocycles. The molecule has 0 saturated heterocycles. The number of hydrogen-bond donors (Lipinski definition) is 1. The maximum Gasteiger partial charge on any atom is 0.509 e. The first-order valence-electron chi connectivity index (χ1n) is 4.30. The predicted molar refractivity (Wildman–Crippen MR) is 52.2 cm³/mol. The summed E-state index contributed by atoms with van der Waals surface area (Å²) in [6.45, 7) is -4.02. The van der Waals surface area contributed by atoms with Crippen LogP contribution in [-0.4, -0.2) is 24.3 Å². The standard InChI is InChI=1S/C9H7BF3O3/c1-5-6(4-14)2-7(10(11,12)13)3-8(5)9(15)16/h2-4H,1H3,(H,15,16)/q-1. The Morgan fingerprint density at radius 3 is 2.31 bits per heavy atom. The molecular weight excluding hydrogens is 224 g/mol. The van der Waals surface area contributed by atoms with E-state index in [1.54, 1.807) is 0 Å². The lowest BCUT2D eigenvalue weighted by atomic mass is 9.77. The third kappa shape index (κ3) is 2.24. The van der Waals surface area contributed by atoms with Gasteiger partial charge in [0.2, 0.25) is 0 Å². The molecule has 7 heteroatoms. The van der Waals surface area contributed by atoms with Crippen LogP contribution in [0.3, 0.4) is 0 Å². The minimum Gasteiger partial charge on any atom is -0.478 e. The second kappa shape index (κ2) is 4.00. The van der Waals surface area contributed by atoms with Crippen LogP contribution in [-0.2, 0) is 0 Å². The van der Waals surface area contributed by atoms with Gasteiger partial charge in [0.05, 0.1) is 5.56 Å². The predicted octanol–water partition coefficient (Wildman–Crippen LogP) is 1.56. The van der Waals surface area contributed by atoms with Crippen molar-refractivity contribution in [2.75, 3.05) is 0 Å². The third-order valence-electron chi connectivity index (χ3n) is 2.21. The topological polar surface area (TPSA) is 54.4 Å². The summed E-state index contributed by atoms with van der Waals surface area (Å²) >= 11 is 0. The third-order valence-corrected chi connectivity index (χ3v) is 2.21. The van der Waals surface area contributed by atoms with E-state index < -0.39 is 24.0 Å². The Hall–Kier alpha value is -1.79. The van der Waals surface area contributed by atoms with Crippen LogP contribution in [0.25, 0.3) is 0 Å². The quantitative estimate of drug-likeness (QED) is 0.634. The zero-order chi connectivity index (χ0) is 12.5. The van der Waals surface area contributed by atoms with Gasteiger partial charge in [0.1, 0.15) is 6.29 Å². The number of carbonyl (C=O) groups is 2. The number of rotatable bonds is 3. The SMILES string of the molecule is Cc1c(C=O)cc([B-](F)(F)F)cc1C(=O)O. The molecule has 1 aromatic rings. The van der Waals surface area contributed by atoms with Gasteiger partial charge in [0, 0.05) is 5.56 Å². The summed E-state index contributed by atoms with van der Waals surface area (Å²) in [5, 5.41) is 8.70. The van der Waals surface area contributed by atoms with Crippen molar-refractivity contribution in [2.24, 2.45) is 0 Å². The minimum absolute atomic E-state index is 0.0336. The maximum atomic E-state index is 12.4. The summed E-state index contributed by atoms with van der Waals surface area (Å²) < 4.78 is 37.3. The molecule has 0 fully saturated rings. The van der Waals surface area contributed by atoms with E-state index in [9.17, 15) is 22.5 Å². The minimum atomic E-state index is -5.32. The summed E-state index contributed by atoms with van der Waals surface area (Å²) in [6, 6.07) is 1.21. The monoisotopic (exact) mass is 231 g/mol. The first kappa shape index (κ1) is 12.3. The van der Waals surface area contributed by atoms with Gasteiger partial charge in [-0.05, 0) is 12.5 Å². The van der Waals surface area contributed by atoms with Crippen LogP contribution in [0.4, 0.5) is 12.9 Å². The fraction of sp³-hybridized carbons (Fsp3) is 0.111. The second-order valence-corrected chi connectivity index (χ2v) is 3.28. The Balaban J connectivity index is 3.52. The van der Waals surface area contributed by atoms with Crippen LogP contribution >= 0.6 is 0 Å². The van der Waals surface area contributed by atoms with E-state index in [4.69, 9.17) is 5.11 Å². The van der Waals surface area contributed by atoms with Gasteiger partial charge >= 0.3 is 12.9 Å². The number of hydrogen-bond acceptors (Lipinski definition) is 2. The molecule has 0 aliphatic heterocycles. The molecule has 0 unspecified atom stereocenters. The molecule has 0 bridgehead atoms. The number of benzene rings is 1. The zero-order valence-corrected chi connectivity index (χ0v) is 8.21. The highest BCUT2D eigenvalue weighted by atomic mass is 19.4. The van der Waals surface area contributed by atoms with Gasteiger partial charge in [0.25, 0.3) is 0 Å². The number of carboxylic acid groups (broad SMARTS) is 1. The Labute approximate surface area is 88.9 Å². The highest BCUT2D eigenvalue weighted by molar-refractivity contribution is 6.73. The summed E-state index contributed by atoms with van der Waals surface area (Å²) in [7, 11) is 0. The van der Waals surface area contributed by atoms with E-state index in [1.807, 2.05) is 0 Å². The Morgan fingerprint density at radius 1 is 1.38 bits per heavy atom. The van der Waals surface area contributed by atoms with Crippen LogP contribution in [0.15, 0.2) is 12.1 Å². The molecule has 1 aromatic carbocycles. The number of carbonyl (C=O) groups excluding carboxylic acids is 1. The fourth-order valence-electron chi connectivity index (χ4n) is 1.29. The van der Waals surface area contributed by atoms with Gasteiger partial charge in [-0.2, -0.15) is 0 Å². The van der Waals surface area contributed by atoms with Crippen molar-refractivity contribution < 1.29 is 27.6 Å².